The fraction of sp³-hybridized carbons (Fsp3) is 0.143. The van der Waals surface area contributed by atoms with Crippen LogP contribution in [0.1, 0.15) is 29.1 Å². The van der Waals surface area contributed by atoms with Crippen LogP contribution < -0.4 is 10.6 Å². The van der Waals surface area contributed by atoms with Crippen molar-refractivity contribution < 1.29 is 19.1 Å². The Morgan fingerprint density at radius 2 is 2.10 bits per heavy atom. The van der Waals surface area contributed by atoms with Crippen molar-refractivity contribution in [2.24, 2.45) is 0 Å². The SMILES string of the molecule is CC(NC(=O)Nc1cc(C(=O)O)ccc1Cl)c1ccco1. The Morgan fingerprint density at radius 3 is 2.71 bits per heavy atom. The van der Waals surface area contributed by atoms with Crippen molar-refractivity contribution in [3.63, 3.8) is 0 Å². The van der Waals surface area contributed by atoms with Crippen LogP contribution in [0.3, 0.4) is 0 Å². The fourth-order valence-electron chi connectivity index (χ4n) is 1.72. The average molecular weight is 309 g/mol. The standard InChI is InChI=1S/C14H13ClN2O4/c1-8(12-3-2-6-21-12)16-14(20)17-11-7-9(13(18)19)4-5-10(11)15/h2-8H,1H3,(H,18,19)(H2,16,17,20). The van der Waals surface area contributed by atoms with E-state index in [1.807, 2.05) is 0 Å². The highest BCUT2D eigenvalue weighted by molar-refractivity contribution is 6.33. The fourth-order valence-corrected chi connectivity index (χ4v) is 1.88. The van der Waals surface area contributed by atoms with Crippen LogP contribution in [0.2, 0.25) is 5.02 Å². The molecule has 0 aliphatic heterocycles. The first kappa shape index (κ1) is 14.9. The third kappa shape index (κ3) is 3.76. The normalized spacial score (nSPS) is 11.7. The van der Waals surface area contributed by atoms with E-state index in [1.165, 1.54) is 24.5 Å². The number of carboxylic acids is 1. The van der Waals surface area contributed by atoms with Crippen LogP contribution in [0.4, 0.5) is 10.5 Å². The molecule has 0 fully saturated rings. The summed E-state index contributed by atoms with van der Waals surface area (Å²) in [5.41, 5.74) is 0.259. The Kier molecular flexibility index (Phi) is 4.49. The first-order chi connectivity index (χ1) is 9.97. The first-order valence-electron chi connectivity index (χ1n) is 6.11. The third-order valence-corrected chi connectivity index (χ3v) is 3.11. The van der Waals surface area contributed by atoms with Crippen LogP contribution in [0, 0.1) is 0 Å². The zero-order valence-corrected chi connectivity index (χ0v) is 11.8. The second-order valence-electron chi connectivity index (χ2n) is 4.34. The van der Waals surface area contributed by atoms with E-state index in [0.717, 1.165) is 0 Å². The van der Waals surface area contributed by atoms with Crippen molar-refractivity contribution in [3.8, 4) is 0 Å². The van der Waals surface area contributed by atoms with Gasteiger partial charge >= 0.3 is 12.0 Å². The topological polar surface area (TPSA) is 91.6 Å². The Morgan fingerprint density at radius 1 is 1.33 bits per heavy atom. The predicted octanol–water partition coefficient (Wildman–Crippen LogP) is 3.51. The number of hydrogen-bond donors (Lipinski definition) is 3. The molecule has 1 aromatic carbocycles. The van der Waals surface area contributed by atoms with Crippen LogP contribution in [0.25, 0.3) is 0 Å². The van der Waals surface area contributed by atoms with Crippen molar-refractivity contribution in [2.75, 3.05) is 5.32 Å². The second-order valence-corrected chi connectivity index (χ2v) is 4.74. The molecule has 2 aromatic rings. The van der Waals surface area contributed by atoms with E-state index in [0.29, 0.717) is 5.76 Å². The molecule has 1 heterocycles. The number of furan rings is 1. The number of rotatable bonds is 4. The molecule has 2 rings (SSSR count). The zero-order valence-electron chi connectivity index (χ0n) is 11.1. The van der Waals surface area contributed by atoms with Gasteiger partial charge in [-0.05, 0) is 37.3 Å². The van der Waals surface area contributed by atoms with Gasteiger partial charge in [-0.15, -0.1) is 0 Å². The first-order valence-corrected chi connectivity index (χ1v) is 6.49. The Hall–Kier alpha value is -2.47. The highest BCUT2D eigenvalue weighted by atomic mass is 35.5. The van der Waals surface area contributed by atoms with Gasteiger partial charge in [-0.25, -0.2) is 9.59 Å². The minimum atomic E-state index is -1.10. The number of benzene rings is 1. The van der Waals surface area contributed by atoms with E-state index >= 15 is 0 Å². The number of carbonyl (C=O) groups is 2. The zero-order chi connectivity index (χ0) is 15.4. The summed E-state index contributed by atoms with van der Waals surface area (Å²) in [4.78, 5) is 22.8. The van der Waals surface area contributed by atoms with E-state index in [1.54, 1.807) is 19.1 Å². The molecule has 0 aliphatic carbocycles. The molecule has 1 aromatic heterocycles. The molecule has 110 valence electrons. The number of amides is 2. The van der Waals surface area contributed by atoms with Crippen molar-refractivity contribution >= 4 is 29.3 Å². The van der Waals surface area contributed by atoms with Gasteiger partial charge in [0.2, 0.25) is 0 Å². The maximum absolute atomic E-state index is 11.9. The number of carbonyl (C=O) groups excluding carboxylic acids is 1. The molecule has 0 spiro atoms. The van der Waals surface area contributed by atoms with Gasteiger partial charge in [0.1, 0.15) is 5.76 Å². The highest BCUT2D eigenvalue weighted by Crippen LogP contribution is 2.23. The van der Waals surface area contributed by atoms with Gasteiger partial charge in [0.05, 0.1) is 28.6 Å². The molecule has 0 saturated heterocycles. The smallest absolute Gasteiger partial charge is 0.335 e. The van der Waals surface area contributed by atoms with Gasteiger partial charge in [-0.1, -0.05) is 11.6 Å². The third-order valence-electron chi connectivity index (χ3n) is 2.78. The maximum atomic E-state index is 11.9. The molecule has 1 atom stereocenters. The Bertz CT molecular complexity index is 655. The molecule has 3 N–H and O–H groups in total. The second kappa shape index (κ2) is 6.32. The van der Waals surface area contributed by atoms with E-state index in [2.05, 4.69) is 10.6 Å². The van der Waals surface area contributed by atoms with Crippen molar-refractivity contribution in [1.82, 2.24) is 5.32 Å². The van der Waals surface area contributed by atoms with Gasteiger partial charge in [-0.2, -0.15) is 0 Å². The number of anilines is 1. The van der Waals surface area contributed by atoms with E-state index in [-0.39, 0.29) is 22.3 Å². The molecule has 1 unspecified atom stereocenters. The Labute approximate surface area is 125 Å². The summed E-state index contributed by atoms with van der Waals surface area (Å²) < 4.78 is 5.17. The minimum absolute atomic E-state index is 0.0359. The van der Waals surface area contributed by atoms with Crippen molar-refractivity contribution in [2.45, 2.75) is 13.0 Å². The molecule has 2 amide bonds. The lowest BCUT2D eigenvalue weighted by molar-refractivity contribution is 0.0697. The number of nitrogens with one attached hydrogen (secondary N) is 2. The molecule has 0 radical (unpaired) electrons. The van der Waals surface area contributed by atoms with Crippen LogP contribution in [0.5, 0.6) is 0 Å². The molecule has 0 aliphatic rings. The summed E-state index contributed by atoms with van der Waals surface area (Å²) in [6.07, 6.45) is 1.51. The predicted molar refractivity (Wildman–Crippen MR) is 77.7 cm³/mol. The summed E-state index contributed by atoms with van der Waals surface area (Å²) in [6.45, 7) is 1.76. The summed E-state index contributed by atoms with van der Waals surface area (Å²) in [5, 5.41) is 14.3. The van der Waals surface area contributed by atoms with Crippen LogP contribution in [-0.4, -0.2) is 17.1 Å². The van der Waals surface area contributed by atoms with Crippen molar-refractivity contribution in [1.29, 1.82) is 0 Å². The summed E-state index contributed by atoms with van der Waals surface area (Å²) >= 11 is 5.93. The lowest BCUT2D eigenvalue weighted by Gasteiger charge is -2.13. The molecule has 21 heavy (non-hydrogen) atoms. The van der Waals surface area contributed by atoms with E-state index < -0.39 is 12.0 Å². The lowest BCUT2D eigenvalue weighted by atomic mass is 10.2. The number of halogens is 1. The maximum Gasteiger partial charge on any atom is 0.335 e. The largest absolute Gasteiger partial charge is 0.478 e. The van der Waals surface area contributed by atoms with Crippen LogP contribution in [-0.2, 0) is 0 Å². The summed E-state index contributed by atoms with van der Waals surface area (Å²) in [5.74, 6) is -0.491. The number of aromatic carboxylic acids is 1. The van der Waals surface area contributed by atoms with Gasteiger partial charge in [-0.3, -0.25) is 0 Å². The summed E-state index contributed by atoms with van der Waals surface area (Å²) in [7, 11) is 0. The quantitative estimate of drug-likeness (QED) is 0.806. The van der Waals surface area contributed by atoms with Crippen LogP contribution >= 0.6 is 11.6 Å². The molecule has 7 heteroatoms. The Balaban J connectivity index is 2.05. The molecular weight excluding hydrogens is 296 g/mol. The lowest BCUT2D eigenvalue weighted by Crippen LogP contribution is -2.31. The highest BCUT2D eigenvalue weighted by Gasteiger charge is 2.14. The number of urea groups is 1. The van der Waals surface area contributed by atoms with Gasteiger partial charge < -0.3 is 20.2 Å². The average Bonchev–Trinajstić information content (AvgIpc) is 2.95. The summed E-state index contributed by atoms with van der Waals surface area (Å²) in [6, 6.07) is 6.68. The monoisotopic (exact) mass is 308 g/mol. The van der Waals surface area contributed by atoms with Crippen molar-refractivity contribution in [3.05, 3.63) is 52.9 Å². The molecule has 6 nitrogen and oxygen atoms in total. The van der Waals surface area contributed by atoms with E-state index in [4.69, 9.17) is 21.1 Å². The van der Waals surface area contributed by atoms with Crippen LogP contribution in [0.15, 0.2) is 41.0 Å². The number of hydrogen-bond acceptors (Lipinski definition) is 3. The number of carboxylic acid groups (broad SMARTS) is 1. The van der Waals surface area contributed by atoms with Gasteiger partial charge in [0.15, 0.2) is 0 Å². The van der Waals surface area contributed by atoms with Gasteiger partial charge in [0.25, 0.3) is 0 Å². The van der Waals surface area contributed by atoms with Gasteiger partial charge in [0, 0.05) is 0 Å². The minimum Gasteiger partial charge on any atom is -0.478 e. The van der Waals surface area contributed by atoms with E-state index in [9.17, 15) is 9.59 Å². The molecular formula is C14H13ClN2O4. The molecule has 0 saturated carbocycles. The molecule has 0 bridgehead atoms.